The number of hydrogen-bond acceptors (Lipinski definition) is 3. The quantitative estimate of drug-likeness (QED) is 0.523. The number of cyclic esters (lactones) is 1. The molecule has 3 heteroatoms. The number of carbonyl (C=O) groups is 1. The fraction of sp³-hybridized carbons (Fsp3) is 0.875. The number of ether oxygens (including phenoxy) is 1. The third-order valence-electron chi connectivity index (χ3n) is 2.94. The van der Waals surface area contributed by atoms with Crippen LogP contribution >= 0.6 is 0 Å². The van der Waals surface area contributed by atoms with Crippen molar-refractivity contribution >= 4 is 5.97 Å². The Balaban J connectivity index is 2.29. The first-order valence-electron chi connectivity index (χ1n) is 4.22. The van der Waals surface area contributed by atoms with Crippen molar-refractivity contribution < 1.29 is 9.53 Å². The molecule has 11 heavy (non-hydrogen) atoms. The molecule has 0 saturated carbocycles. The maximum atomic E-state index is 11.3. The molecule has 62 valence electrons. The zero-order chi connectivity index (χ0) is 7.90. The molecular weight excluding hydrogens is 142 g/mol. The average Bonchev–Trinajstić information content (AvgIpc) is 2.53. The van der Waals surface area contributed by atoms with Crippen LogP contribution in [0.3, 0.4) is 0 Å². The SMILES string of the molecule is CCC12CCCN1COC2=O. The molecule has 3 nitrogen and oxygen atoms in total. The van der Waals surface area contributed by atoms with E-state index in [1.807, 2.05) is 0 Å². The fourth-order valence-corrected chi connectivity index (χ4v) is 2.17. The monoisotopic (exact) mass is 155 g/mol. The molecule has 2 heterocycles. The molecule has 0 aromatic heterocycles. The molecule has 2 saturated heterocycles. The van der Waals surface area contributed by atoms with Gasteiger partial charge in [0.25, 0.3) is 0 Å². The highest BCUT2D eigenvalue weighted by atomic mass is 16.6. The summed E-state index contributed by atoms with van der Waals surface area (Å²) in [5, 5.41) is 0. The van der Waals surface area contributed by atoms with Gasteiger partial charge in [-0.3, -0.25) is 4.90 Å². The second-order valence-electron chi connectivity index (χ2n) is 3.31. The van der Waals surface area contributed by atoms with Crippen LogP contribution in [0.25, 0.3) is 0 Å². The molecule has 0 spiro atoms. The number of esters is 1. The molecule has 0 bridgehead atoms. The predicted molar refractivity (Wildman–Crippen MR) is 39.9 cm³/mol. The zero-order valence-electron chi connectivity index (χ0n) is 6.80. The Morgan fingerprint density at radius 1 is 1.73 bits per heavy atom. The predicted octanol–water partition coefficient (Wildman–Crippen LogP) is 0.745. The summed E-state index contributed by atoms with van der Waals surface area (Å²) in [6.45, 7) is 3.61. The highest BCUT2D eigenvalue weighted by Gasteiger charge is 2.51. The maximum absolute atomic E-state index is 11.3. The van der Waals surface area contributed by atoms with E-state index in [1.165, 1.54) is 0 Å². The first kappa shape index (κ1) is 7.10. The van der Waals surface area contributed by atoms with E-state index in [2.05, 4.69) is 11.8 Å². The van der Waals surface area contributed by atoms with E-state index in [-0.39, 0.29) is 11.5 Å². The zero-order valence-corrected chi connectivity index (χ0v) is 6.80. The summed E-state index contributed by atoms with van der Waals surface area (Å²) in [6, 6.07) is 0. The van der Waals surface area contributed by atoms with Crippen LogP contribution in [0.15, 0.2) is 0 Å². The van der Waals surface area contributed by atoms with Gasteiger partial charge in [0, 0.05) is 6.54 Å². The van der Waals surface area contributed by atoms with Crippen molar-refractivity contribution in [3.05, 3.63) is 0 Å². The van der Waals surface area contributed by atoms with E-state index >= 15 is 0 Å². The molecule has 0 N–H and O–H groups in total. The van der Waals surface area contributed by atoms with Crippen molar-refractivity contribution in [3.63, 3.8) is 0 Å². The second kappa shape index (κ2) is 2.21. The summed E-state index contributed by atoms with van der Waals surface area (Å²) in [6.07, 6.45) is 3.02. The van der Waals surface area contributed by atoms with Gasteiger partial charge in [0.15, 0.2) is 0 Å². The largest absolute Gasteiger partial charge is 0.448 e. The molecule has 0 radical (unpaired) electrons. The Hall–Kier alpha value is -0.570. The summed E-state index contributed by atoms with van der Waals surface area (Å²) >= 11 is 0. The smallest absolute Gasteiger partial charge is 0.327 e. The van der Waals surface area contributed by atoms with Crippen LogP contribution in [0.5, 0.6) is 0 Å². The number of fused-ring (bicyclic) bond motifs is 1. The normalized spacial score (nSPS) is 37.4. The highest BCUT2D eigenvalue weighted by Crippen LogP contribution is 2.37. The minimum absolute atomic E-state index is 0.00231. The molecule has 0 aliphatic carbocycles. The lowest BCUT2D eigenvalue weighted by Crippen LogP contribution is -2.42. The lowest BCUT2D eigenvalue weighted by molar-refractivity contribution is -0.142. The molecule has 1 unspecified atom stereocenters. The molecule has 2 fully saturated rings. The minimum Gasteiger partial charge on any atom is -0.448 e. The maximum Gasteiger partial charge on any atom is 0.327 e. The van der Waals surface area contributed by atoms with Crippen molar-refractivity contribution in [2.75, 3.05) is 13.3 Å². The van der Waals surface area contributed by atoms with E-state index in [9.17, 15) is 4.79 Å². The van der Waals surface area contributed by atoms with Gasteiger partial charge in [0.05, 0.1) is 0 Å². The number of nitrogens with zero attached hydrogens (tertiary/aromatic N) is 1. The van der Waals surface area contributed by atoms with Crippen LogP contribution in [0.2, 0.25) is 0 Å². The van der Waals surface area contributed by atoms with E-state index in [0.29, 0.717) is 6.73 Å². The topological polar surface area (TPSA) is 29.5 Å². The Morgan fingerprint density at radius 3 is 3.18 bits per heavy atom. The standard InChI is InChI=1S/C8H13NO2/c1-2-8-4-3-5-9(8)6-11-7(8)10/h2-6H2,1H3. The molecule has 2 rings (SSSR count). The summed E-state index contributed by atoms with van der Waals surface area (Å²) in [5.41, 5.74) is -0.222. The van der Waals surface area contributed by atoms with Gasteiger partial charge in [-0.2, -0.15) is 0 Å². The summed E-state index contributed by atoms with van der Waals surface area (Å²) in [7, 11) is 0. The van der Waals surface area contributed by atoms with Crippen molar-refractivity contribution in [1.82, 2.24) is 4.90 Å². The number of hydrogen-bond donors (Lipinski definition) is 0. The first-order valence-corrected chi connectivity index (χ1v) is 4.22. The van der Waals surface area contributed by atoms with Gasteiger partial charge in [0.2, 0.25) is 0 Å². The van der Waals surface area contributed by atoms with Crippen molar-refractivity contribution in [1.29, 1.82) is 0 Å². The molecule has 0 amide bonds. The third kappa shape index (κ3) is 0.745. The third-order valence-corrected chi connectivity index (χ3v) is 2.94. The Labute approximate surface area is 66.3 Å². The molecule has 0 aromatic carbocycles. The molecule has 0 aromatic rings. The van der Waals surface area contributed by atoms with Crippen LogP contribution in [0.4, 0.5) is 0 Å². The second-order valence-corrected chi connectivity index (χ2v) is 3.31. The Morgan fingerprint density at radius 2 is 2.55 bits per heavy atom. The van der Waals surface area contributed by atoms with Crippen LogP contribution in [-0.4, -0.2) is 29.7 Å². The lowest BCUT2D eigenvalue weighted by Gasteiger charge is -2.24. The minimum atomic E-state index is -0.222. The fourth-order valence-electron chi connectivity index (χ4n) is 2.17. The summed E-state index contributed by atoms with van der Waals surface area (Å²) < 4.78 is 5.00. The van der Waals surface area contributed by atoms with Gasteiger partial charge in [-0.1, -0.05) is 6.92 Å². The van der Waals surface area contributed by atoms with Crippen LogP contribution in [0.1, 0.15) is 26.2 Å². The van der Waals surface area contributed by atoms with E-state index < -0.39 is 0 Å². The number of rotatable bonds is 1. The Kier molecular flexibility index (Phi) is 1.42. The van der Waals surface area contributed by atoms with Gasteiger partial charge >= 0.3 is 5.97 Å². The Bertz CT molecular complexity index is 193. The lowest BCUT2D eigenvalue weighted by atomic mass is 9.94. The molecule has 1 atom stereocenters. The van der Waals surface area contributed by atoms with E-state index in [4.69, 9.17) is 4.74 Å². The average molecular weight is 155 g/mol. The van der Waals surface area contributed by atoms with Crippen LogP contribution < -0.4 is 0 Å². The van der Waals surface area contributed by atoms with Crippen LogP contribution in [-0.2, 0) is 9.53 Å². The van der Waals surface area contributed by atoms with Crippen molar-refractivity contribution in [3.8, 4) is 0 Å². The van der Waals surface area contributed by atoms with Gasteiger partial charge in [-0.25, -0.2) is 4.79 Å². The van der Waals surface area contributed by atoms with Crippen LogP contribution in [0, 0.1) is 0 Å². The summed E-state index contributed by atoms with van der Waals surface area (Å²) in [4.78, 5) is 13.5. The summed E-state index contributed by atoms with van der Waals surface area (Å²) in [5.74, 6) is -0.00231. The molecule has 2 aliphatic heterocycles. The van der Waals surface area contributed by atoms with E-state index in [1.54, 1.807) is 0 Å². The molecular formula is C8H13NO2. The first-order chi connectivity index (χ1) is 5.29. The van der Waals surface area contributed by atoms with Gasteiger partial charge < -0.3 is 4.74 Å². The van der Waals surface area contributed by atoms with Gasteiger partial charge in [-0.15, -0.1) is 0 Å². The van der Waals surface area contributed by atoms with E-state index in [0.717, 1.165) is 25.8 Å². The van der Waals surface area contributed by atoms with Crippen molar-refractivity contribution in [2.24, 2.45) is 0 Å². The van der Waals surface area contributed by atoms with Gasteiger partial charge in [-0.05, 0) is 19.3 Å². The van der Waals surface area contributed by atoms with Crippen molar-refractivity contribution in [2.45, 2.75) is 31.7 Å². The number of carbonyl (C=O) groups excluding carboxylic acids is 1. The van der Waals surface area contributed by atoms with Gasteiger partial charge in [0.1, 0.15) is 12.3 Å². The highest BCUT2D eigenvalue weighted by molar-refractivity contribution is 5.82. The molecule has 2 aliphatic rings.